The summed E-state index contributed by atoms with van der Waals surface area (Å²) in [4.78, 5) is 22.7. The zero-order valence-corrected chi connectivity index (χ0v) is 16.7. The number of aliphatic carboxylic acids is 1. The molecule has 1 aromatic rings. The van der Waals surface area contributed by atoms with Crippen LogP contribution < -0.4 is 5.32 Å². The summed E-state index contributed by atoms with van der Waals surface area (Å²) in [6, 6.07) is 6.18. The van der Waals surface area contributed by atoms with Gasteiger partial charge in [0.1, 0.15) is 5.82 Å². The summed E-state index contributed by atoms with van der Waals surface area (Å²) in [5.74, 6) is -1.42. The van der Waals surface area contributed by atoms with Gasteiger partial charge in [-0.15, -0.1) is 0 Å². The summed E-state index contributed by atoms with van der Waals surface area (Å²) in [5, 5.41) is 32.0. The molecule has 4 N–H and O–H groups in total. The molecule has 1 aliphatic rings. The van der Waals surface area contributed by atoms with Gasteiger partial charge in [0.05, 0.1) is 24.4 Å². The summed E-state index contributed by atoms with van der Waals surface area (Å²) in [6.07, 6.45) is 4.10. The SMILES string of the molecule is O=C(O)CCCCCCC1C(O)CC(O)C1CCC(=O)CNc1ccccc1F. The van der Waals surface area contributed by atoms with Crippen molar-refractivity contribution in [1.82, 2.24) is 0 Å². The van der Waals surface area contributed by atoms with Gasteiger partial charge in [-0.25, -0.2) is 4.39 Å². The summed E-state index contributed by atoms with van der Waals surface area (Å²) < 4.78 is 13.6. The summed E-state index contributed by atoms with van der Waals surface area (Å²) in [6.45, 7) is 0.0283. The Morgan fingerprint density at radius 1 is 0.966 bits per heavy atom. The number of anilines is 1. The summed E-state index contributed by atoms with van der Waals surface area (Å²) in [5.41, 5.74) is 0.290. The van der Waals surface area contributed by atoms with Crippen LogP contribution in [0.25, 0.3) is 0 Å². The van der Waals surface area contributed by atoms with Crippen molar-refractivity contribution < 1.29 is 29.3 Å². The first kappa shape index (κ1) is 23.3. The fourth-order valence-corrected chi connectivity index (χ4v) is 4.20. The molecule has 1 fully saturated rings. The summed E-state index contributed by atoms with van der Waals surface area (Å²) in [7, 11) is 0. The lowest BCUT2D eigenvalue weighted by Gasteiger charge is -2.23. The zero-order valence-electron chi connectivity index (χ0n) is 16.7. The quantitative estimate of drug-likeness (QED) is 0.372. The van der Waals surface area contributed by atoms with Crippen molar-refractivity contribution in [2.24, 2.45) is 11.8 Å². The third kappa shape index (κ3) is 7.74. The lowest BCUT2D eigenvalue weighted by Crippen LogP contribution is -2.24. The number of rotatable bonds is 13. The van der Waals surface area contributed by atoms with Crippen LogP contribution in [0.2, 0.25) is 0 Å². The molecule has 0 radical (unpaired) electrons. The molecule has 4 unspecified atom stereocenters. The largest absolute Gasteiger partial charge is 0.481 e. The van der Waals surface area contributed by atoms with E-state index in [0.717, 1.165) is 25.7 Å². The monoisotopic (exact) mass is 409 g/mol. The molecule has 0 aliphatic heterocycles. The number of unbranched alkanes of at least 4 members (excludes halogenated alkanes) is 3. The van der Waals surface area contributed by atoms with E-state index in [1.54, 1.807) is 18.2 Å². The van der Waals surface area contributed by atoms with Crippen molar-refractivity contribution in [3.05, 3.63) is 30.1 Å². The van der Waals surface area contributed by atoms with E-state index in [0.29, 0.717) is 19.3 Å². The number of ketones is 1. The Morgan fingerprint density at radius 2 is 1.62 bits per heavy atom. The number of carbonyl (C=O) groups is 2. The second-order valence-electron chi connectivity index (χ2n) is 7.96. The van der Waals surface area contributed by atoms with E-state index < -0.39 is 24.0 Å². The third-order valence-electron chi connectivity index (χ3n) is 5.81. The van der Waals surface area contributed by atoms with Gasteiger partial charge >= 0.3 is 5.97 Å². The molecule has 29 heavy (non-hydrogen) atoms. The standard InChI is InChI=1S/C22H32FNO5/c23-18-8-5-6-9-19(18)24-14-15(25)11-12-17-16(20(26)13-21(17)27)7-3-1-2-4-10-22(28)29/h5-6,8-9,16-17,20-21,24,26-27H,1-4,7,10-14H2,(H,28,29). The zero-order chi connectivity index (χ0) is 21.2. The first-order valence-corrected chi connectivity index (χ1v) is 10.5. The van der Waals surface area contributed by atoms with E-state index in [-0.39, 0.29) is 42.7 Å². The Morgan fingerprint density at radius 3 is 2.31 bits per heavy atom. The number of halogens is 1. The van der Waals surface area contributed by atoms with Crippen molar-refractivity contribution >= 4 is 17.4 Å². The smallest absolute Gasteiger partial charge is 0.303 e. The van der Waals surface area contributed by atoms with E-state index in [4.69, 9.17) is 5.11 Å². The number of hydrogen-bond donors (Lipinski definition) is 4. The highest BCUT2D eigenvalue weighted by Crippen LogP contribution is 2.39. The molecule has 4 atom stereocenters. The Bertz CT molecular complexity index is 668. The number of aliphatic hydroxyl groups excluding tert-OH is 2. The fraction of sp³-hybridized carbons (Fsp3) is 0.636. The minimum Gasteiger partial charge on any atom is -0.481 e. The highest BCUT2D eigenvalue weighted by molar-refractivity contribution is 5.82. The van der Waals surface area contributed by atoms with Gasteiger partial charge in [0, 0.05) is 12.8 Å². The molecule has 2 rings (SSSR count). The van der Waals surface area contributed by atoms with Gasteiger partial charge < -0.3 is 20.6 Å². The molecule has 1 saturated carbocycles. The number of carbonyl (C=O) groups excluding carboxylic acids is 1. The van der Waals surface area contributed by atoms with Crippen molar-refractivity contribution in [3.8, 4) is 0 Å². The highest BCUT2D eigenvalue weighted by Gasteiger charge is 2.40. The van der Waals surface area contributed by atoms with Crippen LogP contribution in [0.15, 0.2) is 24.3 Å². The van der Waals surface area contributed by atoms with Crippen LogP contribution in [0.3, 0.4) is 0 Å². The molecule has 0 spiro atoms. The lowest BCUT2D eigenvalue weighted by molar-refractivity contribution is -0.137. The van der Waals surface area contributed by atoms with Gasteiger partial charge in [-0.05, 0) is 49.7 Å². The minimum atomic E-state index is -0.784. The Labute approximate surface area is 171 Å². The number of carboxylic acid groups (broad SMARTS) is 1. The van der Waals surface area contributed by atoms with Crippen LogP contribution in [0.5, 0.6) is 0 Å². The molecular weight excluding hydrogens is 377 g/mol. The molecule has 0 bridgehead atoms. The van der Waals surface area contributed by atoms with Crippen LogP contribution in [0.1, 0.15) is 57.8 Å². The molecule has 0 amide bonds. The molecule has 0 heterocycles. The van der Waals surface area contributed by atoms with E-state index in [1.807, 2.05) is 0 Å². The lowest BCUT2D eigenvalue weighted by atomic mass is 9.85. The molecule has 1 aliphatic carbocycles. The van der Waals surface area contributed by atoms with Crippen molar-refractivity contribution in [2.45, 2.75) is 70.0 Å². The van der Waals surface area contributed by atoms with Crippen LogP contribution >= 0.6 is 0 Å². The predicted molar refractivity (Wildman–Crippen MR) is 108 cm³/mol. The van der Waals surface area contributed by atoms with E-state index in [9.17, 15) is 24.2 Å². The van der Waals surface area contributed by atoms with Crippen LogP contribution in [-0.2, 0) is 9.59 Å². The molecule has 0 aromatic heterocycles. The molecule has 7 heteroatoms. The average Bonchev–Trinajstić information content (AvgIpc) is 2.94. The number of hydrogen-bond acceptors (Lipinski definition) is 5. The fourth-order valence-electron chi connectivity index (χ4n) is 4.20. The number of nitrogens with one attached hydrogen (secondary N) is 1. The topological polar surface area (TPSA) is 107 Å². The third-order valence-corrected chi connectivity index (χ3v) is 5.81. The second-order valence-corrected chi connectivity index (χ2v) is 7.96. The number of Topliss-reactive ketones (excluding diaryl/α,β-unsaturated/α-hetero) is 1. The highest BCUT2D eigenvalue weighted by atomic mass is 19.1. The Kier molecular flexibility index (Phi) is 9.54. The van der Waals surface area contributed by atoms with Crippen LogP contribution in [0, 0.1) is 17.7 Å². The molecule has 0 saturated heterocycles. The maximum Gasteiger partial charge on any atom is 0.303 e. The van der Waals surface area contributed by atoms with Crippen molar-refractivity contribution in [1.29, 1.82) is 0 Å². The number of carboxylic acids is 1. The molecule has 6 nitrogen and oxygen atoms in total. The second kappa shape index (κ2) is 11.9. The number of aliphatic hydroxyl groups is 2. The molecule has 1 aromatic carbocycles. The first-order valence-electron chi connectivity index (χ1n) is 10.5. The number of para-hydroxylation sites is 1. The number of benzene rings is 1. The van der Waals surface area contributed by atoms with Gasteiger partial charge in [-0.3, -0.25) is 9.59 Å². The normalized spacial score (nSPS) is 23.8. The van der Waals surface area contributed by atoms with Crippen molar-refractivity contribution in [3.63, 3.8) is 0 Å². The predicted octanol–water partition coefficient (Wildman–Crippen LogP) is 3.37. The Balaban J connectivity index is 1.72. The van der Waals surface area contributed by atoms with Crippen LogP contribution in [-0.4, -0.2) is 45.8 Å². The van der Waals surface area contributed by atoms with E-state index >= 15 is 0 Å². The van der Waals surface area contributed by atoms with Gasteiger partial charge in [-0.2, -0.15) is 0 Å². The van der Waals surface area contributed by atoms with Gasteiger partial charge in [0.25, 0.3) is 0 Å². The van der Waals surface area contributed by atoms with E-state index in [2.05, 4.69) is 5.32 Å². The van der Waals surface area contributed by atoms with Gasteiger partial charge in [0.15, 0.2) is 5.78 Å². The Hall–Kier alpha value is -1.99. The maximum absolute atomic E-state index is 13.6. The van der Waals surface area contributed by atoms with Gasteiger partial charge in [-0.1, -0.05) is 31.4 Å². The van der Waals surface area contributed by atoms with Crippen molar-refractivity contribution in [2.75, 3.05) is 11.9 Å². The minimum absolute atomic E-state index is 0.0283. The first-order chi connectivity index (χ1) is 13.9. The molecule has 162 valence electrons. The maximum atomic E-state index is 13.6. The summed E-state index contributed by atoms with van der Waals surface area (Å²) >= 11 is 0. The van der Waals surface area contributed by atoms with E-state index in [1.165, 1.54) is 6.07 Å². The average molecular weight is 409 g/mol. The van der Waals surface area contributed by atoms with Crippen LogP contribution in [0.4, 0.5) is 10.1 Å². The molecular formula is C22H32FNO5. The van der Waals surface area contributed by atoms with Gasteiger partial charge in [0.2, 0.25) is 0 Å².